The van der Waals surface area contributed by atoms with Crippen LogP contribution in [0.2, 0.25) is 0 Å². The maximum absolute atomic E-state index is 11.7. The first kappa shape index (κ1) is 12.6. The normalized spacial score (nSPS) is 11.4. The van der Waals surface area contributed by atoms with E-state index in [0.29, 0.717) is 17.6 Å². The molecule has 0 aliphatic rings. The van der Waals surface area contributed by atoms with Gasteiger partial charge in [-0.05, 0) is 36.8 Å². The SMILES string of the molecule is Cc1ccc(-c2ccc(C=O)o2)c(S(C)(=O)=O)c1. The van der Waals surface area contributed by atoms with Gasteiger partial charge in [0, 0.05) is 11.8 Å². The number of aldehydes is 1. The van der Waals surface area contributed by atoms with Gasteiger partial charge < -0.3 is 4.42 Å². The third kappa shape index (κ3) is 2.36. The van der Waals surface area contributed by atoms with E-state index in [0.717, 1.165) is 11.8 Å². The lowest BCUT2D eigenvalue weighted by Gasteiger charge is -2.06. The van der Waals surface area contributed by atoms with Gasteiger partial charge in [-0.25, -0.2) is 8.42 Å². The zero-order valence-corrected chi connectivity index (χ0v) is 10.8. The van der Waals surface area contributed by atoms with Gasteiger partial charge in [0.25, 0.3) is 0 Å². The lowest BCUT2D eigenvalue weighted by molar-refractivity contribution is 0.110. The van der Waals surface area contributed by atoms with Gasteiger partial charge in [0.05, 0.1) is 4.90 Å². The molecule has 2 rings (SSSR count). The first-order valence-electron chi connectivity index (χ1n) is 5.28. The number of sulfone groups is 1. The molecule has 0 bridgehead atoms. The molecule has 0 unspecified atom stereocenters. The lowest BCUT2D eigenvalue weighted by atomic mass is 10.1. The molecule has 0 atom stereocenters. The maximum Gasteiger partial charge on any atom is 0.185 e. The summed E-state index contributed by atoms with van der Waals surface area (Å²) in [5, 5.41) is 0. The Hall–Kier alpha value is -1.88. The fourth-order valence-corrected chi connectivity index (χ4v) is 2.67. The summed E-state index contributed by atoms with van der Waals surface area (Å²) in [4.78, 5) is 10.8. The maximum atomic E-state index is 11.7. The summed E-state index contributed by atoms with van der Waals surface area (Å²) in [6, 6.07) is 8.16. The highest BCUT2D eigenvalue weighted by atomic mass is 32.2. The number of aryl methyl sites for hydroxylation is 1. The standard InChI is InChI=1S/C13H12O4S/c1-9-3-5-11(13(7-9)18(2,15)16)12-6-4-10(8-14)17-12/h3-8H,1-2H3. The molecule has 4 nitrogen and oxygen atoms in total. The van der Waals surface area contributed by atoms with Crippen molar-refractivity contribution in [1.82, 2.24) is 0 Å². The summed E-state index contributed by atoms with van der Waals surface area (Å²) in [5.74, 6) is 0.544. The van der Waals surface area contributed by atoms with Crippen LogP contribution < -0.4 is 0 Å². The molecule has 18 heavy (non-hydrogen) atoms. The Balaban J connectivity index is 2.67. The van der Waals surface area contributed by atoms with Crippen LogP contribution in [0.15, 0.2) is 39.6 Å². The van der Waals surface area contributed by atoms with E-state index < -0.39 is 9.84 Å². The monoisotopic (exact) mass is 264 g/mol. The summed E-state index contributed by atoms with van der Waals surface area (Å²) in [6.07, 6.45) is 1.73. The van der Waals surface area contributed by atoms with Crippen LogP contribution in [0, 0.1) is 6.92 Å². The molecule has 0 radical (unpaired) electrons. The summed E-state index contributed by atoms with van der Waals surface area (Å²) in [6.45, 7) is 1.82. The number of furan rings is 1. The van der Waals surface area contributed by atoms with E-state index in [1.807, 2.05) is 6.92 Å². The molecule has 94 valence electrons. The Kier molecular flexibility index (Phi) is 3.09. The molecule has 5 heteroatoms. The molecule has 0 spiro atoms. The number of carbonyl (C=O) groups excluding carboxylic acids is 1. The van der Waals surface area contributed by atoms with Crippen molar-refractivity contribution in [2.24, 2.45) is 0 Å². The topological polar surface area (TPSA) is 64.3 Å². The molecule has 0 amide bonds. The molecular weight excluding hydrogens is 252 g/mol. The van der Waals surface area contributed by atoms with Crippen LogP contribution in [0.1, 0.15) is 16.1 Å². The van der Waals surface area contributed by atoms with Crippen LogP contribution in [0.5, 0.6) is 0 Å². The van der Waals surface area contributed by atoms with E-state index in [-0.39, 0.29) is 10.7 Å². The molecule has 0 fully saturated rings. The van der Waals surface area contributed by atoms with Gasteiger partial charge in [0.15, 0.2) is 21.9 Å². The number of rotatable bonds is 3. The second kappa shape index (κ2) is 4.42. The van der Waals surface area contributed by atoms with Gasteiger partial charge in [-0.3, -0.25) is 4.79 Å². The van der Waals surface area contributed by atoms with Crippen LogP contribution in [0.3, 0.4) is 0 Å². The summed E-state index contributed by atoms with van der Waals surface area (Å²) in [5.41, 5.74) is 1.32. The van der Waals surface area contributed by atoms with Crippen LogP contribution >= 0.6 is 0 Å². The van der Waals surface area contributed by atoms with E-state index in [2.05, 4.69) is 0 Å². The van der Waals surface area contributed by atoms with E-state index in [1.54, 1.807) is 24.3 Å². The molecule has 1 heterocycles. The Labute approximate surface area is 105 Å². The molecule has 0 saturated carbocycles. The minimum Gasteiger partial charge on any atom is -0.453 e. The molecule has 0 N–H and O–H groups in total. The number of hydrogen-bond acceptors (Lipinski definition) is 4. The van der Waals surface area contributed by atoms with Crippen molar-refractivity contribution < 1.29 is 17.6 Å². The molecule has 1 aromatic heterocycles. The predicted molar refractivity (Wildman–Crippen MR) is 67.4 cm³/mol. The fraction of sp³-hybridized carbons (Fsp3) is 0.154. The van der Waals surface area contributed by atoms with Gasteiger partial charge in [0.2, 0.25) is 0 Å². The molecule has 0 aliphatic heterocycles. The average molecular weight is 264 g/mol. The molecular formula is C13H12O4S. The van der Waals surface area contributed by atoms with Gasteiger partial charge >= 0.3 is 0 Å². The first-order chi connectivity index (χ1) is 8.41. The summed E-state index contributed by atoms with van der Waals surface area (Å²) >= 11 is 0. The number of hydrogen-bond donors (Lipinski definition) is 0. The second-order valence-corrected chi connectivity index (χ2v) is 6.08. The highest BCUT2D eigenvalue weighted by Gasteiger charge is 2.17. The van der Waals surface area contributed by atoms with Crippen molar-refractivity contribution in [3.05, 3.63) is 41.7 Å². The van der Waals surface area contributed by atoms with Crippen molar-refractivity contribution in [3.63, 3.8) is 0 Å². The van der Waals surface area contributed by atoms with E-state index in [4.69, 9.17) is 4.42 Å². The third-order valence-corrected chi connectivity index (χ3v) is 3.68. The zero-order chi connectivity index (χ0) is 13.3. The van der Waals surface area contributed by atoms with Crippen LogP contribution in [0.4, 0.5) is 0 Å². The Bertz CT molecular complexity index is 696. The van der Waals surface area contributed by atoms with E-state index >= 15 is 0 Å². The predicted octanol–water partition coefficient (Wildman–Crippen LogP) is 2.47. The molecule has 0 saturated heterocycles. The van der Waals surface area contributed by atoms with Crippen LogP contribution in [0.25, 0.3) is 11.3 Å². The lowest BCUT2D eigenvalue weighted by Crippen LogP contribution is -2.00. The second-order valence-electron chi connectivity index (χ2n) is 4.09. The quantitative estimate of drug-likeness (QED) is 0.799. The van der Waals surface area contributed by atoms with Crippen molar-refractivity contribution in [2.45, 2.75) is 11.8 Å². The Morgan fingerprint density at radius 3 is 2.44 bits per heavy atom. The van der Waals surface area contributed by atoms with Crippen molar-refractivity contribution in [1.29, 1.82) is 0 Å². The average Bonchev–Trinajstić information content (AvgIpc) is 2.76. The Morgan fingerprint density at radius 1 is 1.17 bits per heavy atom. The first-order valence-corrected chi connectivity index (χ1v) is 7.17. The minimum atomic E-state index is -3.35. The third-order valence-electron chi connectivity index (χ3n) is 2.54. The highest BCUT2D eigenvalue weighted by Crippen LogP contribution is 2.29. The number of carbonyl (C=O) groups is 1. The van der Waals surface area contributed by atoms with Crippen molar-refractivity contribution >= 4 is 16.1 Å². The van der Waals surface area contributed by atoms with Gasteiger partial charge in [-0.15, -0.1) is 0 Å². The molecule has 1 aromatic carbocycles. The smallest absolute Gasteiger partial charge is 0.185 e. The minimum absolute atomic E-state index is 0.171. The van der Waals surface area contributed by atoms with Gasteiger partial charge in [-0.2, -0.15) is 0 Å². The highest BCUT2D eigenvalue weighted by molar-refractivity contribution is 7.90. The summed E-state index contributed by atoms with van der Waals surface area (Å²) in [7, 11) is -3.35. The molecule has 0 aliphatic carbocycles. The van der Waals surface area contributed by atoms with Crippen molar-refractivity contribution in [2.75, 3.05) is 6.26 Å². The van der Waals surface area contributed by atoms with E-state index in [1.165, 1.54) is 6.07 Å². The number of benzene rings is 1. The Morgan fingerprint density at radius 2 is 1.89 bits per heavy atom. The van der Waals surface area contributed by atoms with Gasteiger partial charge in [-0.1, -0.05) is 6.07 Å². The van der Waals surface area contributed by atoms with Crippen LogP contribution in [-0.4, -0.2) is 21.0 Å². The van der Waals surface area contributed by atoms with E-state index in [9.17, 15) is 13.2 Å². The fourth-order valence-electron chi connectivity index (χ4n) is 1.70. The summed E-state index contributed by atoms with van der Waals surface area (Å²) < 4.78 is 28.8. The molecule has 2 aromatic rings. The van der Waals surface area contributed by atoms with Crippen molar-refractivity contribution in [3.8, 4) is 11.3 Å². The zero-order valence-electron chi connectivity index (χ0n) is 10.0. The van der Waals surface area contributed by atoms with Crippen LogP contribution in [-0.2, 0) is 9.84 Å². The van der Waals surface area contributed by atoms with Gasteiger partial charge in [0.1, 0.15) is 5.76 Å². The largest absolute Gasteiger partial charge is 0.453 e.